The molecule has 5 heteroatoms. The van der Waals surface area contributed by atoms with Gasteiger partial charge in [0.2, 0.25) is 5.88 Å². The lowest BCUT2D eigenvalue weighted by atomic mass is 10.1. The number of pyridine rings is 1. The first-order valence-electron chi connectivity index (χ1n) is 8.72. The Balaban J connectivity index is 1.89. The molecule has 0 aliphatic heterocycles. The maximum atomic E-state index is 10.7. The molecule has 1 N–H and O–H groups in total. The molecule has 0 bridgehead atoms. The first-order valence-corrected chi connectivity index (χ1v) is 8.72. The molecule has 2 aromatic carbocycles. The number of anilines is 2. The predicted molar refractivity (Wildman–Crippen MR) is 107 cm³/mol. The molecular formula is C22H22N2O3. The van der Waals surface area contributed by atoms with E-state index >= 15 is 0 Å². The smallest absolute Gasteiger partial charge is 0.303 e. The highest BCUT2D eigenvalue weighted by Gasteiger charge is 2.13. The average Bonchev–Trinajstić information content (AvgIpc) is 2.72. The number of rotatable bonds is 7. The van der Waals surface area contributed by atoms with Crippen molar-refractivity contribution in [2.75, 3.05) is 19.1 Å². The molecule has 0 saturated heterocycles. The van der Waals surface area contributed by atoms with Gasteiger partial charge in [0, 0.05) is 30.9 Å². The van der Waals surface area contributed by atoms with Crippen molar-refractivity contribution in [2.45, 2.75) is 12.8 Å². The number of ether oxygens (including phenoxy) is 1. The SMILES string of the molecule is COc1ncc(-c2ccccc2)cc1N(C)c1ccc(CCC(=O)O)cc1. The summed E-state index contributed by atoms with van der Waals surface area (Å²) in [5.74, 6) is -0.239. The third-order valence-corrected chi connectivity index (χ3v) is 4.45. The third kappa shape index (κ3) is 4.44. The first-order chi connectivity index (χ1) is 13.1. The van der Waals surface area contributed by atoms with Crippen LogP contribution in [0.3, 0.4) is 0 Å². The van der Waals surface area contributed by atoms with E-state index in [1.54, 1.807) is 13.3 Å². The minimum Gasteiger partial charge on any atom is -0.481 e. The van der Waals surface area contributed by atoms with Crippen molar-refractivity contribution in [3.8, 4) is 17.0 Å². The number of aromatic nitrogens is 1. The van der Waals surface area contributed by atoms with Gasteiger partial charge in [-0.3, -0.25) is 4.79 Å². The van der Waals surface area contributed by atoms with Gasteiger partial charge in [-0.2, -0.15) is 0 Å². The highest BCUT2D eigenvalue weighted by atomic mass is 16.5. The summed E-state index contributed by atoms with van der Waals surface area (Å²) in [6.07, 6.45) is 2.46. The summed E-state index contributed by atoms with van der Waals surface area (Å²) in [7, 11) is 3.57. The summed E-state index contributed by atoms with van der Waals surface area (Å²) in [5.41, 5.74) is 4.93. The van der Waals surface area contributed by atoms with Crippen molar-refractivity contribution in [3.63, 3.8) is 0 Å². The molecule has 3 rings (SSSR count). The molecule has 0 amide bonds. The molecule has 3 aromatic rings. The lowest BCUT2D eigenvalue weighted by Gasteiger charge is -2.22. The minimum absolute atomic E-state index is 0.131. The van der Waals surface area contributed by atoms with Crippen LogP contribution in [0.4, 0.5) is 11.4 Å². The van der Waals surface area contributed by atoms with E-state index in [0.717, 1.165) is 28.1 Å². The maximum absolute atomic E-state index is 10.7. The van der Waals surface area contributed by atoms with Crippen LogP contribution in [0, 0.1) is 0 Å². The summed E-state index contributed by atoms with van der Waals surface area (Å²) < 4.78 is 5.45. The molecule has 1 aromatic heterocycles. The number of methoxy groups -OCH3 is 1. The highest BCUT2D eigenvalue weighted by Crippen LogP contribution is 2.34. The molecule has 0 radical (unpaired) electrons. The Bertz CT molecular complexity index is 909. The Morgan fingerprint density at radius 3 is 2.41 bits per heavy atom. The van der Waals surface area contributed by atoms with Gasteiger partial charge in [-0.05, 0) is 35.7 Å². The summed E-state index contributed by atoms with van der Waals surface area (Å²) in [5, 5.41) is 8.81. The van der Waals surface area contributed by atoms with Crippen LogP contribution in [-0.2, 0) is 11.2 Å². The number of carboxylic acid groups (broad SMARTS) is 1. The topological polar surface area (TPSA) is 62.7 Å². The number of hydrogen-bond donors (Lipinski definition) is 1. The van der Waals surface area contributed by atoms with Gasteiger partial charge in [-0.15, -0.1) is 0 Å². The van der Waals surface area contributed by atoms with E-state index in [2.05, 4.69) is 11.1 Å². The van der Waals surface area contributed by atoms with E-state index in [4.69, 9.17) is 9.84 Å². The van der Waals surface area contributed by atoms with E-state index in [1.807, 2.05) is 66.5 Å². The molecule has 0 saturated carbocycles. The quantitative estimate of drug-likeness (QED) is 0.668. The van der Waals surface area contributed by atoms with E-state index in [0.29, 0.717) is 12.3 Å². The molecule has 138 valence electrons. The maximum Gasteiger partial charge on any atom is 0.303 e. The average molecular weight is 362 g/mol. The van der Waals surface area contributed by atoms with Crippen molar-refractivity contribution < 1.29 is 14.6 Å². The van der Waals surface area contributed by atoms with Crippen molar-refractivity contribution >= 4 is 17.3 Å². The Labute approximate surface area is 158 Å². The largest absolute Gasteiger partial charge is 0.481 e. The molecule has 0 unspecified atom stereocenters. The van der Waals surface area contributed by atoms with Crippen molar-refractivity contribution in [2.24, 2.45) is 0 Å². The third-order valence-electron chi connectivity index (χ3n) is 4.45. The first kappa shape index (κ1) is 18.5. The zero-order chi connectivity index (χ0) is 19.2. The molecular weight excluding hydrogens is 340 g/mol. The van der Waals surface area contributed by atoms with Crippen LogP contribution in [0.5, 0.6) is 5.88 Å². The fraction of sp³-hybridized carbons (Fsp3) is 0.182. The van der Waals surface area contributed by atoms with E-state index in [-0.39, 0.29) is 6.42 Å². The Kier molecular flexibility index (Phi) is 5.71. The summed E-state index contributed by atoms with van der Waals surface area (Å²) >= 11 is 0. The predicted octanol–water partition coefficient (Wildman–Crippen LogP) is 4.54. The molecule has 0 fully saturated rings. The van der Waals surface area contributed by atoms with Crippen LogP contribution in [0.25, 0.3) is 11.1 Å². The van der Waals surface area contributed by atoms with Crippen LogP contribution >= 0.6 is 0 Å². The molecule has 0 aliphatic carbocycles. The van der Waals surface area contributed by atoms with E-state index < -0.39 is 5.97 Å². The zero-order valence-corrected chi connectivity index (χ0v) is 15.4. The Hall–Kier alpha value is -3.34. The fourth-order valence-corrected chi connectivity index (χ4v) is 2.90. The van der Waals surface area contributed by atoms with Gasteiger partial charge in [0.05, 0.1) is 7.11 Å². The van der Waals surface area contributed by atoms with Gasteiger partial charge >= 0.3 is 5.97 Å². The zero-order valence-electron chi connectivity index (χ0n) is 15.4. The molecule has 5 nitrogen and oxygen atoms in total. The number of carbonyl (C=O) groups is 1. The van der Waals surface area contributed by atoms with Crippen molar-refractivity contribution in [1.29, 1.82) is 0 Å². The second-order valence-corrected chi connectivity index (χ2v) is 6.24. The number of hydrogen-bond acceptors (Lipinski definition) is 4. The van der Waals surface area contributed by atoms with E-state index in [9.17, 15) is 4.79 Å². The van der Waals surface area contributed by atoms with Crippen LogP contribution < -0.4 is 9.64 Å². The number of aryl methyl sites for hydroxylation is 1. The lowest BCUT2D eigenvalue weighted by molar-refractivity contribution is -0.136. The number of carboxylic acids is 1. The standard InChI is InChI=1S/C22H22N2O3/c1-24(19-11-8-16(9-12-19)10-13-21(25)26)20-14-18(15-23-22(20)27-2)17-6-4-3-5-7-17/h3-9,11-12,14-15H,10,13H2,1-2H3,(H,25,26). The Morgan fingerprint density at radius 1 is 1.07 bits per heavy atom. The van der Waals surface area contributed by atoms with Crippen molar-refractivity contribution in [3.05, 3.63) is 72.4 Å². The van der Waals surface area contributed by atoms with Gasteiger partial charge < -0.3 is 14.7 Å². The van der Waals surface area contributed by atoms with Crippen LogP contribution in [-0.4, -0.2) is 30.2 Å². The van der Waals surface area contributed by atoms with Gasteiger partial charge in [0.25, 0.3) is 0 Å². The number of nitrogens with zero attached hydrogens (tertiary/aromatic N) is 2. The molecule has 1 heterocycles. The van der Waals surface area contributed by atoms with Gasteiger partial charge in [-0.25, -0.2) is 4.98 Å². The lowest BCUT2D eigenvalue weighted by Crippen LogP contribution is -2.11. The van der Waals surface area contributed by atoms with Gasteiger partial charge in [-0.1, -0.05) is 42.5 Å². The van der Waals surface area contributed by atoms with Gasteiger partial charge in [0.15, 0.2) is 0 Å². The highest BCUT2D eigenvalue weighted by molar-refractivity contribution is 5.74. The molecule has 0 aliphatic rings. The minimum atomic E-state index is -0.787. The van der Waals surface area contributed by atoms with Crippen molar-refractivity contribution in [1.82, 2.24) is 4.98 Å². The normalized spacial score (nSPS) is 10.4. The molecule has 0 spiro atoms. The number of benzene rings is 2. The Morgan fingerprint density at radius 2 is 1.78 bits per heavy atom. The summed E-state index contributed by atoms with van der Waals surface area (Å²) in [6.45, 7) is 0. The monoisotopic (exact) mass is 362 g/mol. The summed E-state index contributed by atoms with van der Waals surface area (Å²) in [6, 6.07) is 20.0. The number of aliphatic carboxylic acids is 1. The second-order valence-electron chi connectivity index (χ2n) is 6.24. The summed E-state index contributed by atoms with van der Waals surface area (Å²) in [4.78, 5) is 17.2. The molecule has 0 atom stereocenters. The van der Waals surface area contributed by atoms with E-state index in [1.165, 1.54) is 0 Å². The van der Waals surface area contributed by atoms with Crippen LogP contribution in [0.2, 0.25) is 0 Å². The fourth-order valence-electron chi connectivity index (χ4n) is 2.90. The van der Waals surface area contributed by atoms with Crippen LogP contribution in [0.1, 0.15) is 12.0 Å². The molecule has 27 heavy (non-hydrogen) atoms. The second kappa shape index (κ2) is 8.36. The van der Waals surface area contributed by atoms with Crippen LogP contribution in [0.15, 0.2) is 66.9 Å². The van der Waals surface area contributed by atoms with Gasteiger partial charge in [0.1, 0.15) is 5.69 Å².